The van der Waals surface area contributed by atoms with Gasteiger partial charge in [0.15, 0.2) is 0 Å². The van der Waals surface area contributed by atoms with Gasteiger partial charge in [-0.25, -0.2) is 4.79 Å². The van der Waals surface area contributed by atoms with Crippen molar-refractivity contribution in [1.29, 1.82) is 0 Å². The van der Waals surface area contributed by atoms with Crippen molar-refractivity contribution in [1.82, 2.24) is 5.32 Å². The zero-order valence-electron chi connectivity index (χ0n) is 12.8. The van der Waals surface area contributed by atoms with E-state index in [1.165, 1.54) is 0 Å². The first-order chi connectivity index (χ1) is 9.65. The number of hydrogen-bond donors (Lipinski definition) is 3. The van der Waals surface area contributed by atoms with Crippen molar-refractivity contribution in [2.24, 2.45) is 11.1 Å². The fraction of sp³-hybridized carbons (Fsp3) is 0.375. The molecule has 1 rings (SSSR count). The van der Waals surface area contributed by atoms with Gasteiger partial charge in [0, 0.05) is 11.3 Å². The lowest BCUT2D eigenvalue weighted by Gasteiger charge is -2.27. The number of amides is 3. The van der Waals surface area contributed by atoms with Crippen LogP contribution in [-0.2, 0) is 0 Å². The van der Waals surface area contributed by atoms with Gasteiger partial charge >= 0.3 is 6.03 Å². The van der Waals surface area contributed by atoms with Crippen LogP contribution in [0, 0.1) is 24.7 Å². The van der Waals surface area contributed by atoms with E-state index in [4.69, 9.17) is 12.2 Å². The number of anilines is 1. The van der Waals surface area contributed by atoms with Crippen molar-refractivity contribution in [2.45, 2.75) is 33.7 Å². The summed E-state index contributed by atoms with van der Waals surface area (Å²) in [6.45, 7) is 7.65. The average Bonchev–Trinajstić information content (AvgIpc) is 2.36. The van der Waals surface area contributed by atoms with Gasteiger partial charge < -0.3 is 16.4 Å². The highest BCUT2D eigenvalue weighted by atomic mass is 16.2. The lowest BCUT2D eigenvalue weighted by molar-refractivity contribution is 0.100. The summed E-state index contributed by atoms with van der Waals surface area (Å²) >= 11 is 0. The number of terminal acetylenes is 1. The fourth-order valence-electron chi connectivity index (χ4n) is 1.71. The summed E-state index contributed by atoms with van der Waals surface area (Å²) < 4.78 is 0. The molecule has 3 amide bonds. The van der Waals surface area contributed by atoms with Gasteiger partial charge in [-0.05, 0) is 30.0 Å². The second kappa shape index (κ2) is 6.31. The minimum atomic E-state index is -0.547. The maximum Gasteiger partial charge on any atom is 0.320 e. The highest BCUT2D eigenvalue weighted by Crippen LogP contribution is 2.20. The van der Waals surface area contributed by atoms with Crippen LogP contribution in [0.25, 0.3) is 0 Å². The van der Waals surface area contributed by atoms with E-state index >= 15 is 0 Å². The molecule has 0 saturated carbocycles. The summed E-state index contributed by atoms with van der Waals surface area (Å²) in [5.41, 5.74) is 6.65. The Morgan fingerprint density at radius 1 is 1.33 bits per heavy atom. The molecule has 21 heavy (non-hydrogen) atoms. The van der Waals surface area contributed by atoms with Crippen LogP contribution in [0.5, 0.6) is 0 Å². The number of nitrogens with one attached hydrogen (secondary N) is 2. The Kier molecular flexibility index (Phi) is 4.98. The van der Waals surface area contributed by atoms with Gasteiger partial charge in [-0.3, -0.25) is 4.79 Å². The van der Waals surface area contributed by atoms with Gasteiger partial charge in [-0.15, -0.1) is 6.42 Å². The number of hydrogen-bond acceptors (Lipinski definition) is 2. The summed E-state index contributed by atoms with van der Waals surface area (Å²) in [5.74, 6) is 2.01. The molecule has 0 unspecified atom stereocenters. The average molecular weight is 287 g/mol. The van der Waals surface area contributed by atoms with E-state index < -0.39 is 18.0 Å². The Labute approximate surface area is 125 Å². The number of carbonyl (C=O) groups is 2. The fourth-order valence-corrected chi connectivity index (χ4v) is 1.71. The second-order valence-electron chi connectivity index (χ2n) is 5.96. The van der Waals surface area contributed by atoms with Crippen molar-refractivity contribution < 1.29 is 9.59 Å². The molecular formula is C16H21N3O2. The quantitative estimate of drug-likeness (QED) is 0.745. The van der Waals surface area contributed by atoms with Crippen LogP contribution in [0.2, 0.25) is 0 Å². The first-order valence-electron chi connectivity index (χ1n) is 6.59. The van der Waals surface area contributed by atoms with Gasteiger partial charge in [0.2, 0.25) is 5.91 Å². The van der Waals surface area contributed by atoms with Crippen LogP contribution in [0.4, 0.5) is 10.5 Å². The maximum atomic E-state index is 12.0. The van der Waals surface area contributed by atoms with Crippen molar-refractivity contribution in [3.05, 3.63) is 29.3 Å². The predicted molar refractivity (Wildman–Crippen MR) is 83.9 cm³/mol. The molecule has 0 heterocycles. The molecule has 0 aliphatic carbocycles. The van der Waals surface area contributed by atoms with E-state index in [-0.39, 0.29) is 5.41 Å². The highest BCUT2D eigenvalue weighted by molar-refractivity contribution is 5.96. The van der Waals surface area contributed by atoms with Gasteiger partial charge in [0.1, 0.15) is 0 Å². The Bertz CT molecular complexity index is 595. The summed E-state index contributed by atoms with van der Waals surface area (Å²) in [7, 11) is 0. The topological polar surface area (TPSA) is 84.2 Å². The van der Waals surface area contributed by atoms with Gasteiger partial charge in [-0.2, -0.15) is 0 Å². The van der Waals surface area contributed by atoms with E-state index in [9.17, 15) is 9.59 Å². The summed E-state index contributed by atoms with van der Waals surface area (Å²) in [5, 5.41) is 5.42. The number of rotatable bonds is 3. The first-order valence-corrected chi connectivity index (χ1v) is 6.59. The molecule has 4 N–H and O–H groups in total. The zero-order chi connectivity index (χ0) is 16.2. The second-order valence-corrected chi connectivity index (χ2v) is 5.96. The van der Waals surface area contributed by atoms with Crippen molar-refractivity contribution >= 4 is 17.6 Å². The number of urea groups is 1. The molecular weight excluding hydrogens is 266 g/mol. The number of nitrogens with two attached hydrogens (primary N) is 1. The van der Waals surface area contributed by atoms with E-state index in [1.807, 2.05) is 27.7 Å². The number of primary amides is 1. The van der Waals surface area contributed by atoms with Crippen molar-refractivity contribution in [3.8, 4) is 12.3 Å². The number of aryl methyl sites for hydroxylation is 1. The molecule has 0 saturated heterocycles. The Morgan fingerprint density at radius 3 is 2.43 bits per heavy atom. The molecule has 0 aliphatic rings. The third-order valence-corrected chi connectivity index (χ3v) is 3.08. The molecule has 1 aromatic rings. The molecule has 0 bridgehead atoms. The van der Waals surface area contributed by atoms with Crippen molar-refractivity contribution in [2.75, 3.05) is 5.32 Å². The molecule has 0 radical (unpaired) electrons. The molecule has 1 atom stereocenters. The maximum absolute atomic E-state index is 12.0. The van der Waals surface area contributed by atoms with Crippen LogP contribution in [0.3, 0.4) is 0 Å². The summed E-state index contributed by atoms with van der Waals surface area (Å²) in [4.78, 5) is 23.2. The van der Waals surface area contributed by atoms with E-state index in [0.29, 0.717) is 11.3 Å². The summed E-state index contributed by atoms with van der Waals surface area (Å²) in [6, 6.07) is 4.05. The van der Waals surface area contributed by atoms with Crippen LogP contribution in [0.1, 0.15) is 36.7 Å². The van der Waals surface area contributed by atoms with Gasteiger partial charge in [0.05, 0.1) is 6.04 Å². The Morgan fingerprint density at radius 2 is 1.95 bits per heavy atom. The van der Waals surface area contributed by atoms with Crippen LogP contribution >= 0.6 is 0 Å². The largest absolute Gasteiger partial charge is 0.366 e. The monoisotopic (exact) mass is 287 g/mol. The molecule has 0 spiro atoms. The van der Waals surface area contributed by atoms with Crippen molar-refractivity contribution in [3.63, 3.8) is 0 Å². The third-order valence-electron chi connectivity index (χ3n) is 3.08. The third kappa shape index (κ3) is 4.53. The number of benzene rings is 1. The molecule has 5 heteroatoms. The molecule has 0 aliphatic heterocycles. The van der Waals surface area contributed by atoms with Gasteiger partial charge in [0.25, 0.3) is 0 Å². The number of carbonyl (C=O) groups excluding carboxylic acids is 2. The van der Waals surface area contributed by atoms with Crippen LogP contribution in [0.15, 0.2) is 18.2 Å². The standard InChI is InChI=1S/C16H21N3O2/c1-6-13(16(3,4)5)19-15(21)18-12-9-11(14(17)20)8-7-10(12)2/h1,7-9,13H,2-5H3,(H2,17,20)(H2,18,19,21)/t13-/m1/s1. The minimum absolute atomic E-state index is 0.254. The first kappa shape index (κ1) is 16.6. The van der Waals surface area contributed by atoms with E-state index in [2.05, 4.69) is 16.6 Å². The smallest absolute Gasteiger partial charge is 0.320 e. The van der Waals surface area contributed by atoms with E-state index in [1.54, 1.807) is 18.2 Å². The van der Waals surface area contributed by atoms with Crippen LogP contribution in [-0.4, -0.2) is 18.0 Å². The lowest BCUT2D eigenvalue weighted by atomic mass is 9.87. The normalized spacial score (nSPS) is 12.1. The lowest BCUT2D eigenvalue weighted by Crippen LogP contribution is -2.44. The zero-order valence-corrected chi connectivity index (χ0v) is 12.8. The SMILES string of the molecule is C#C[C@@H](NC(=O)Nc1cc(C(N)=O)ccc1C)C(C)(C)C. The van der Waals surface area contributed by atoms with Gasteiger partial charge in [-0.1, -0.05) is 32.8 Å². The van der Waals surface area contributed by atoms with E-state index in [0.717, 1.165) is 5.56 Å². The molecule has 5 nitrogen and oxygen atoms in total. The molecule has 112 valence electrons. The Hall–Kier alpha value is -2.48. The molecule has 0 aromatic heterocycles. The highest BCUT2D eigenvalue weighted by Gasteiger charge is 2.24. The predicted octanol–water partition coefficient (Wildman–Crippen LogP) is 2.26. The molecule has 1 aromatic carbocycles. The van der Waals surface area contributed by atoms with Crippen LogP contribution < -0.4 is 16.4 Å². The summed E-state index contributed by atoms with van der Waals surface area (Å²) in [6.07, 6.45) is 5.44. The minimum Gasteiger partial charge on any atom is -0.366 e. The molecule has 0 fully saturated rings. The Balaban J connectivity index is 2.87.